The minimum absolute atomic E-state index is 0.0273. The number of amides is 1. The summed E-state index contributed by atoms with van der Waals surface area (Å²) in [5.74, 6) is -0.924. The third-order valence-electron chi connectivity index (χ3n) is 4.40. The van der Waals surface area contributed by atoms with Crippen LogP contribution in [-0.4, -0.2) is 35.2 Å². The van der Waals surface area contributed by atoms with Crippen LogP contribution in [0.3, 0.4) is 0 Å². The number of fused-ring (bicyclic) bond motifs is 1. The molecule has 8 heteroatoms. The highest BCUT2D eigenvalue weighted by atomic mass is 32.2. The van der Waals surface area contributed by atoms with Crippen molar-refractivity contribution in [3.63, 3.8) is 0 Å². The van der Waals surface area contributed by atoms with Crippen LogP contribution >= 0.6 is 11.8 Å². The molecule has 2 aromatic carbocycles. The van der Waals surface area contributed by atoms with Gasteiger partial charge in [0.15, 0.2) is 6.61 Å². The Labute approximate surface area is 172 Å². The molecule has 29 heavy (non-hydrogen) atoms. The second-order valence-electron chi connectivity index (χ2n) is 6.52. The summed E-state index contributed by atoms with van der Waals surface area (Å²) in [5, 5.41) is 11.0. The zero-order chi connectivity index (χ0) is 20.8. The number of nitro benzene ring substituents is 1. The molecule has 0 aromatic heterocycles. The van der Waals surface area contributed by atoms with E-state index in [4.69, 9.17) is 4.74 Å². The summed E-state index contributed by atoms with van der Waals surface area (Å²) in [6.07, 6.45) is 3.53. The van der Waals surface area contributed by atoms with E-state index >= 15 is 0 Å². The fraction of sp³-hybridized carbons (Fsp3) is 0.238. The number of hydrogen-bond acceptors (Lipinski definition) is 6. The number of benzene rings is 2. The standard InChI is InChI=1S/C21H20N2O5S/c1-15-12-13-22(18-4-2-3-5-19(18)29-15)20(24)14-28-21(25)11-8-16-6-9-17(10-7-16)23(26)27/h2-11,15H,12-14H2,1H3/b11-8+/t15-/m1/s1. The van der Waals surface area contributed by atoms with Gasteiger partial charge in [-0.3, -0.25) is 14.9 Å². The lowest BCUT2D eigenvalue weighted by Crippen LogP contribution is -2.35. The van der Waals surface area contributed by atoms with Crippen LogP contribution in [0.25, 0.3) is 6.08 Å². The molecule has 1 aliphatic rings. The van der Waals surface area contributed by atoms with Crippen molar-refractivity contribution in [2.75, 3.05) is 18.1 Å². The third kappa shape index (κ3) is 5.45. The molecule has 0 aliphatic carbocycles. The molecule has 0 fully saturated rings. The Morgan fingerprint density at radius 3 is 2.69 bits per heavy atom. The topological polar surface area (TPSA) is 89.8 Å². The first kappa shape index (κ1) is 20.6. The summed E-state index contributed by atoms with van der Waals surface area (Å²) >= 11 is 1.73. The highest BCUT2D eigenvalue weighted by Crippen LogP contribution is 2.37. The number of rotatable bonds is 5. The first-order chi connectivity index (χ1) is 13.9. The molecule has 1 aliphatic heterocycles. The summed E-state index contributed by atoms with van der Waals surface area (Å²) in [4.78, 5) is 37.5. The number of carbonyl (C=O) groups excluding carboxylic acids is 2. The smallest absolute Gasteiger partial charge is 0.331 e. The van der Waals surface area contributed by atoms with Crippen molar-refractivity contribution < 1.29 is 19.2 Å². The molecular weight excluding hydrogens is 392 g/mol. The molecule has 0 saturated carbocycles. The van der Waals surface area contributed by atoms with Crippen molar-refractivity contribution in [3.05, 3.63) is 70.3 Å². The molecule has 1 atom stereocenters. The van der Waals surface area contributed by atoms with Crippen LogP contribution in [0, 0.1) is 10.1 Å². The number of thioether (sulfide) groups is 1. The Hall–Kier alpha value is -3.13. The van der Waals surface area contributed by atoms with E-state index in [1.807, 2.05) is 24.3 Å². The Balaban J connectivity index is 1.58. The van der Waals surface area contributed by atoms with Gasteiger partial charge in [-0.05, 0) is 42.3 Å². The Bertz CT molecular complexity index is 942. The second kappa shape index (κ2) is 9.38. The Morgan fingerprint density at radius 1 is 1.24 bits per heavy atom. The average molecular weight is 412 g/mol. The molecule has 150 valence electrons. The first-order valence-corrected chi connectivity index (χ1v) is 9.97. The minimum atomic E-state index is -0.650. The highest BCUT2D eigenvalue weighted by molar-refractivity contribution is 8.00. The maximum absolute atomic E-state index is 12.7. The molecule has 0 saturated heterocycles. The van der Waals surface area contributed by atoms with E-state index < -0.39 is 10.9 Å². The largest absolute Gasteiger partial charge is 0.452 e. The molecule has 1 heterocycles. The molecule has 0 spiro atoms. The van der Waals surface area contributed by atoms with E-state index in [1.54, 1.807) is 16.7 Å². The number of carbonyl (C=O) groups is 2. The van der Waals surface area contributed by atoms with Crippen LogP contribution in [-0.2, 0) is 14.3 Å². The van der Waals surface area contributed by atoms with Crippen molar-refractivity contribution in [1.82, 2.24) is 0 Å². The van der Waals surface area contributed by atoms with Crippen molar-refractivity contribution in [2.24, 2.45) is 0 Å². The van der Waals surface area contributed by atoms with E-state index in [2.05, 4.69) is 6.92 Å². The number of nitrogens with zero attached hydrogens (tertiary/aromatic N) is 2. The summed E-state index contributed by atoms with van der Waals surface area (Å²) in [6, 6.07) is 13.5. The zero-order valence-corrected chi connectivity index (χ0v) is 16.6. The fourth-order valence-electron chi connectivity index (χ4n) is 2.88. The lowest BCUT2D eigenvalue weighted by atomic mass is 10.2. The average Bonchev–Trinajstić information content (AvgIpc) is 2.89. The number of esters is 1. The fourth-order valence-corrected chi connectivity index (χ4v) is 3.99. The van der Waals surface area contributed by atoms with E-state index in [0.717, 1.165) is 17.0 Å². The number of hydrogen-bond donors (Lipinski definition) is 0. The van der Waals surface area contributed by atoms with Crippen molar-refractivity contribution >= 4 is 41.1 Å². The molecule has 7 nitrogen and oxygen atoms in total. The van der Waals surface area contributed by atoms with Gasteiger partial charge < -0.3 is 9.64 Å². The Morgan fingerprint density at radius 2 is 1.97 bits per heavy atom. The number of non-ortho nitro benzene ring substituents is 1. The van der Waals surface area contributed by atoms with Crippen molar-refractivity contribution in [1.29, 1.82) is 0 Å². The van der Waals surface area contributed by atoms with Crippen LogP contribution in [0.4, 0.5) is 11.4 Å². The summed E-state index contributed by atoms with van der Waals surface area (Å²) < 4.78 is 5.09. The quantitative estimate of drug-likeness (QED) is 0.318. The molecule has 3 rings (SSSR count). The maximum atomic E-state index is 12.7. The lowest BCUT2D eigenvalue weighted by Gasteiger charge is -2.22. The predicted molar refractivity (Wildman–Crippen MR) is 112 cm³/mol. The van der Waals surface area contributed by atoms with Gasteiger partial charge in [0.25, 0.3) is 11.6 Å². The molecule has 0 bridgehead atoms. The van der Waals surface area contributed by atoms with E-state index in [0.29, 0.717) is 17.4 Å². The number of anilines is 1. The highest BCUT2D eigenvalue weighted by Gasteiger charge is 2.24. The molecule has 0 unspecified atom stereocenters. The molecule has 0 radical (unpaired) electrons. The van der Waals surface area contributed by atoms with Crippen molar-refractivity contribution in [3.8, 4) is 0 Å². The van der Waals surface area contributed by atoms with Gasteiger partial charge in [-0.15, -0.1) is 11.8 Å². The lowest BCUT2D eigenvalue weighted by molar-refractivity contribution is -0.384. The van der Waals surface area contributed by atoms with Gasteiger partial charge in [-0.25, -0.2) is 4.79 Å². The van der Waals surface area contributed by atoms with Gasteiger partial charge in [0.1, 0.15) is 0 Å². The van der Waals surface area contributed by atoms with Crippen LogP contribution in [0.2, 0.25) is 0 Å². The van der Waals surface area contributed by atoms with Gasteiger partial charge >= 0.3 is 5.97 Å². The van der Waals surface area contributed by atoms with Crippen LogP contribution in [0.15, 0.2) is 59.5 Å². The summed E-state index contributed by atoms with van der Waals surface area (Å²) in [6.45, 7) is 2.34. The predicted octanol–water partition coefficient (Wildman–Crippen LogP) is 4.07. The molecule has 2 aromatic rings. The monoisotopic (exact) mass is 412 g/mol. The van der Waals surface area contributed by atoms with Gasteiger partial charge in [-0.1, -0.05) is 19.1 Å². The number of para-hydroxylation sites is 1. The van der Waals surface area contributed by atoms with Gasteiger partial charge in [0.05, 0.1) is 10.6 Å². The van der Waals surface area contributed by atoms with E-state index in [9.17, 15) is 19.7 Å². The van der Waals surface area contributed by atoms with Gasteiger partial charge in [0, 0.05) is 34.9 Å². The van der Waals surface area contributed by atoms with E-state index in [-0.39, 0.29) is 18.2 Å². The van der Waals surface area contributed by atoms with Crippen molar-refractivity contribution in [2.45, 2.75) is 23.5 Å². The number of ether oxygens (including phenoxy) is 1. The minimum Gasteiger partial charge on any atom is -0.452 e. The normalized spacial score (nSPS) is 16.2. The first-order valence-electron chi connectivity index (χ1n) is 9.09. The second-order valence-corrected chi connectivity index (χ2v) is 8.00. The maximum Gasteiger partial charge on any atom is 0.331 e. The molecule has 0 N–H and O–H groups in total. The van der Waals surface area contributed by atoms with Crippen LogP contribution in [0.1, 0.15) is 18.9 Å². The molecular formula is C21H20N2O5S. The number of nitro groups is 1. The SMILES string of the molecule is C[C@@H]1CCN(C(=O)COC(=O)/C=C/c2ccc([N+](=O)[O-])cc2)c2ccccc2S1. The zero-order valence-electron chi connectivity index (χ0n) is 15.8. The summed E-state index contributed by atoms with van der Waals surface area (Å²) in [7, 11) is 0. The van der Waals surface area contributed by atoms with Crippen LogP contribution in [0.5, 0.6) is 0 Å². The van der Waals surface area contributed by atoms with Gasteiger partial charge in [0.2, 0.25) is 0 Å². The van der Waals surface area contributed by atoms with Crippen LogP contribution < -0.4 is 4.90 Å². The van der Waals surface area contributed by atoms with E-state index in [1.165, 1.54) is 36.4 Å². The Kier molecular flexibility index (Phi) is 6.66. The third-order valence-corrected chi connectivity index (χ3v) is 5.64. The summed E-state index contributed by atoms with van der Waals surface area (Å²) in [5.41, 5.74) is 1.43. The molecule has 1 amide bonds. The van der Waals surface area contributed by atoms with Gasteiger partial charge in [-0.2, -0.15) is 0 Å².